The number of benzene rings is 1. The van der Waals surface area contributed by atoms with Gasteiger partial charge in [-0.2, -0.15) is 0 Å². The van der Waals surface area contributed by atoms with Crippen LogP contribution in [0, 0.1) is 40.0 Å². The van der Waals surface area contributed by atoms with Gasteiger partial charge in [-0.25, -0.2) is 0 Å². The molecule has 1 aromatic carbocycles. The molecular weight excluding hydrogens is 420 g/mol. The maximum absolute atomic E-state index is 12.5. The Morgan fingerprint density at radius 1 is 1.12 bits per heavy atom. The molecule has 2 unspecified atom stereocenters. The van der Waals surface area contributed by atoms with Gasteiger partial charge < -0.3 is 5.11 Å². The number of allylic oxidation sites excluding steroid dienone is 1. The SMILES string of the molecule is C[C@]12CC3c4ccc(C#C[Si](C)(C)C)cc4C[C@]45CCC(=O)C=C4CC[C@H](C35)[C@@H]1CC[C@@H]2O. The highest BCUT2D eigenvalue weighted by Crippen LogP contribution is 2.71. The zero-order valence-corrected chi connectivity index (χ0v) is 21.7. The molecule has 3 saturated carbocycles. The topological polar surface area (TPSA) is 37.3 Å². The Hall–Kier alpha value is -1.63. The van der Waals surface area contributed by atoms with Crippen LogP contribution >= 0.6 is 0 Å². The van der Waals surface area contributed by atoms with Crippen LogP contribution in [-0.4, -0.2) is 25.1 Å². The van der Waals surface area contributed by atoms with Crippen molar-refractivity contribution in [1.82, 2.24) is 0 Å². The van der Waals surface area contributed by atoms with Gasteiger partial charge in [-0.15, -0.1) is 5.54 Å². The van der Waals surface area contributed by atoms with Gasteiger partial charge in [0.25, 0.3) is 0 Å². The van der Waals surface area contributed by atoms with Crippen molar-refractivity contribution >= 4 is 13.9 Å². The van der Waals surface area contributed by atoms with Crippen LogP contribution in [-0.2, 0) is 11.2 Å². The van der Waals surface area contributed by atoms with E-state index < -0.39 is 8.07 Å². The molecule has 0 aromatic heterocycles. The van der Waals surface area contributed by atoms with Crippen LogP contribution in [0.2, 0.25) is 19.6 Å². The molecule has 0 aliphatic heterocycles. The lowest BCUT2D eigenvalue weighted by molar-refractivity contribution is -0.120. The predicted octanol–water partition coefficient (Wildman–Crippen LogP) is 6.04. The van der Waals surface area contributed by atoms with Gasteiger partial charge in [-0.3, -0.25) is 4.79 Å². The number of aliphatic hydroxyl groups excluding tert-OH is 1. The molecular formula is C30H38O2Si. The summed E-state index contributed by atoms with van der Waals surface area (Å²) in [5, 5.41) is 11.1. The molecule has 5 aliphatic carbocycles. The summed E-state index contributed by atoms with van der Waals surface area (Å²) < 4.78 is 0. The molecule has 6 rings (SSSR count). The fraction of sp³-hybridized carbons (Fsp3) is 0.633. The molecule has 33 heavy (non-hydrogen) atoms. The number of rotatable bonds is 0. The summed E-state index contributed by atoms with van der Waals surface area (Å²) in [4.78, 5) is 12.5. The van der Waals surface area contributed by atoms with Crippen LogP contribution in [0.5, 0.6) is 0 Å². The van der Waals surface area contributed by atoms with E-state index in [-0.39, 0.29) is 16.9 Å². The molecule has 2 nitrogen and oxygen atoms in total. The first-order chi connectivity index (χ1) is 15.6. The largest absolute Gasteiger partial charge is 0.393 e. The van der Waals surface area contributed by atoms with Crippen molar-refractivity contribution in [2.45, 2.75) is 90.0 Å². The Kier molecular flexibility index (Phi) is 4.76. The third kappa shape index (κ3) is 3.20. The molecule has 0 heterocycles. The van der Waals surface area contributed by atoms with Crippen molar-refractivity contribution in [3.05, 3.63) is 46.5 Å². The van der Waals surface area contributed by atoms with Gasteiger partial charge in [0.1, 0.15) is 8.07 Å². The van der Waals surface area contributed by atoms with Crippen molar-refractivity contribution in [2.75, 3.05) is 0 Å². The number of carbonyl (C=O) groups is 1. The molecule has 0 radical (unpaired) electrons. The maximum atomic E-state index is 12.5. The van der Waals surface area contributed by atoms with Crippen molar-refractivity contribution in [1.29, 1.82) is 0 Å². The average Bonchev–Trinajstić information content (AvgIpc) is 3.06. The molecule has 3 fully saturated rings. The Morgan fingerprint density at radius 3 is 2.73 bits per heavy atom. The Morgan fingerprint density at radius 2 is 1.94 bits per heavy atom. The monoisotopic (exact) mass is 458 g/mol. The minimum Gasteiger partial charge on any atom is -0.393 e. The van der Waals surface area contributed by atoms with E-state index in [1.807, 2.05) is 6.08 Å². The highest BCUT2D eigenvalue weighted by atomic mass is 28.3. The quantitative estimate of drug-likeness (QED) is 0.380. The van der Waals surface area contributed by atoms with Gasteiger partial charge in [0, 0.05) is 12.0 Å². The van der Waals surface area contributed by atoms with E-state index in [0.29, 0.717) is 35.9 Å². The number of aliphatic hydroxyl groups is 1. The van der Waals surface area contributed by atoms with Gasteiger partial charge in [-0.1, -0.05) is 44.1 Å². The lowest BCUT2D eigenvalue weighted by Crippen LogP contribution is -2.57. The first-order valence-corrected chi connectivity index (χ1v) is 16.7. The summed E-state index contributed by atoms with van der Waals surface area (Å²) in [7, 11) is -1.43. The number of hydrogen-bond donors (Lipinski definition) is 1. The molecule has 1 aromatic rings. The second-order valence-corrected chi connectivity index (χ2v) is 17.9. The highest BCUT2D eigenvalue weighted by Gasteiger charge is 2.64. The van der Waals surface area contributed by atoms with Crippen LogP contribution in [0.3, 0.4) is 0 Å². The van der Waals surface area contributed by atoms with Crippen LogP contribution in [0.1, 0.15) is 74.5 Å². The van der Waals surface area contributed by atoms with Crippen molar-refractivity contribution in [2.24, 2.45) is 28.6 Å². The number of ketones is 1. The fourth-order valence-corrected chi connectivity index (χ4v) is 9.44. The van der Waals surface area contributed by atoms with Gasteiger partial charge >= 0.3 is 0 Å². The van der Waals surface area contributed by atoms with Gasteiger partial charge in [-0.05, 0) is 109 Å². The summed E-state index contributed by atoms with van der Waals surface area (Å²) in [5.41, 5.74) is 9.32. The van der Waals surface area contributed by atoms with Gasteiger partial charge in [0.2, 0.25) is 0 Å². The molecule has 5 aliphatic rings. The van der Waals surface area contributed by atoms with Crippen LogP contribution in [0.15, 0.2) is 29.8 Å². The number of carbonyl (C=O) groups excluding carboxylic acids is 1. The van der Waals surface area contributed by atoms with Gasteiger partial charge in [0.05, 0.1) is 6.10 Å². The molecule has 7 atom stereocenters. The minimum atomic E-state index is -1.43. The molecule has 1 spiro atoms. The average molecular weight is 459 g/mol. The Balaban J connectivity index is 1.51. The van der Waals surface area contributed by atoms with E-state index in [1.165, 1.54) is 29.5 Å². The lowest BCUT2D eigenvalue weighted by Gasteiger charge is -2.64. The molecule has 0 saturated heterocycles. The summed E-state index contributed by atoms with van der Waals surface area (Å²) in [6.45, 7) is 9.28. The van der Waals surface area contributed by atoms with Crippen molar-refractivity contribution in [3.63, 3.8) is 0 Å². The smallest absolute Gasteiger partial charge is 0.155 e. The van der Waals surface area contributed by atoms with Crippen molar-refractivity contribution < 1.29 is 9.90 Å². The molecule has 3 heteroatoms. The van der Waals surface area contributed by atoms with E-state index in [0.717, 1.165) is 37.7 Å². The zero-order valence-electron chi connectivity index (χ0n) is 20.7. The van der Waals surface area contributed by atoms with Crippen LogP contribution in [0.25, 0.3) is 0 Å². The van der Waals surface area contributed by atoms with Crippen molar-refractivity contribution in [3.8, 4) is 11.5 Å². The number of fused-ring (bicyclic) bond motifs is 4. The van der Waals surface area contributed by atoms with E-state index in [9.17, 15) is 9.90 Å². The first kappa shape index (κ1) is 21.9. The van der Waals surface area contributed by atoms with Crippen LogP contribution in [0.4, 0.5) is 0 Å². The first-order valence-electron chi connectivity index (χ1n) is 13.2. The van der Waals surface area contributed by atoms with E-state index in [1.54, 1.807) is 0 Å². The summed E-state index contributed by atoms with van der Waals surface area (Å²) in [6, 6.07) is 7.02. The normalized spacial score (nSPS) is 41.1. The predicted molar refractivity (Wildman–Crippen MR) is 136 cm³/mol. The zero-order chi connectivity index (χ0) is 23.2. The minimum absolute atomic E-state index is 0.0314. The molecule has 0 amide bonds. The Bertz CT molecular complexity index is 1110. The maximum Gasteiger partial charge on any atom is 0.155 e. The lowest BCUT2D eigenvalue weighted by atomic mass is 9.40. The molecule has 0 bridgehead atoms. The van der Waals surface area contributed by atoms with E-state index >= 15 is 0 Å². The molecule has 1 N–H and O–H groups in total. The van der Waals surface area contributed by atoms with E-state index in [4.69, 9.17) is 0 Å². The third-order valence-electron chi connectivity index (χ3n) is 10.2. The fourth-order valence-electron chi connectivity index (χ4n) is 8.92. The standard InChI is InChI=1S/C30H38O2Si/c1-29-18-25-23-7-5-19(12-14-33(2,3)4)15-20(23)17-30-13-11-22(31)16-21(30)6-8-24(28(25)30)26(29)9-10-27(29)32/h5,7,15-16,24-28,32H,6,8-11,13,17-18H2,1-4H3/t24-,25?,26-,27-,28?,29-,30+/m0/s1. The van der Waals surface area contributed by atoms with Crippen LogP contribution < -0.4 is 0 Å². The van der Waals surface area contributed by atoms with E-state index in [2.05, 4.69) is 56.2 Å². The summed E-state index contributed by atoms with van der Waals surface area (Å²) in [6.07, 6.45) is 10.2. The third-order valence-corrected chi connectivity index (χ3v) is 11.1. The number of hydrogen-bond acceptors (Lipinski definition) is 2. The second kappa shape index (κ2) is 7.19. The second-order valence-electron chi connectivity index (χ2n) is 13.1. The summed E-state index contributed by atoms with van der Waals surface area (Å²) in [5.74, 6) is 6.25. The molecule has 174 valence electrons. The Labute approximate surface area is 200 Å². The highest BCUT2D eigenvalue weighted by molar-refractivity contribution is 6.83. The summed E-state index contributed by atoms with van der Waals surface area (Å²) >= 11 is 0. The van der Waals surface area contributed by atoms with Gasteiger partial charge in [0.15, 0.2) is 5.78 Å².